The smallest absolute Gasteiger partial charge is 0.416 e. The van der Waals surface area contributed by atoms with Crippen LogP contribution in [0.1, 0.15) is 29.5 Å². The molecule has 5 rings (SSSR count). The molecule has 3 aliphatic rings. The molecule has 6 heteroatoms. The normalized spacial score (nSPS) is 25.4. The first-order valence-corrected chi connectivity index (χ1v) is 9.11. The van der Waals surface area contributed by atoms with Crippen LogP contribution in [-0.2, 0) is 23.9 Å². The molecule has 0 radical (unpaired) electrons. The number of hydrogen-bond donors (Lipinski definition) is 0. The number of carbonyl (C=O) groups excluding carboxylic acids is 1. The maximum atomic E-state index is 12.7. The maximum Gasteiger partial charge on any atom is 0.416 e. The Balaban J connectivity index is 1.31. The van der Waals surface area contributed by atoms with Gasteiger partial charge in [0.1, 0.15) is 11.5 Å². The zero-order valence-corrected chi connectivity index (χ0v) is 14.6. The lowest BCUT2D eigenvalue weighted by atomic mass is 9.98. The van der Waals surface area contributed by atoms with Crippen molar-refractivity contribution in [2.45, 2.75) is 32.0 Å². The number of alkyl halides is 3. The second kappa shape index (κ2) is 5.50. The lowest BCUT2D eigenvalue weighted by Gasteiger charge is -2.30. The predicted molar refractivity (Wildman–Crippen MR) is 92.2 cm³/mol. The highest BCUT2D eigenvalue weighted by Gasteiger charge is 2.75. The van der Waals surface area contributed by atoms with E-state index >= 15 is 0 Å². The standard InChI is InChI=1S/C21H18F3NO2/c22-21(23,24)15-2-5-17(6-3-15)27-18-4-1-13-7-8-25(12-14(13)9-18)19(26)20-10-16(20)11-20/h1-6,9,16H,7-8,10-12H2. The van der Waals surface area contributed by atoms with E-state index in [1.165, 1.54) is 17.7 Å². The first-order chi connectivity index (χ1) is 12.8. The minimum absolute atomic E-state index is 0.0220. The van der Waals surface area contributed by atoms with E-state index in [0.717, 1.165) is 43.5 Å². The number of ether oxygens (including phenoxy) is 1. The molecular formula is C21H18F3NO2. The summed E-state index contributed by atoms with van der Waals surface area (Å²) in [6, 6.07) is 10.3. The summed E-state index contributed by atoms with van der Waals surface area (Å²) in [7, 11) is 0. The fourth-order valence-electron chi connectivity index (χ4n) is 3.98. The number of nitrogens with zero attached hydrogens (tertiary/aromatic N) is 1. The van der Waals surface area contributed by atoms with Gasteiger partial charge in [0.15, 0.2) is 0 Å². The largest absolute Gasteiger partial charge is 0.457 e. The third kappa shape index (κ3) is 2.87. The summed E-state index contributed by atoms with van der Waals surface area (Å²) in [5.74, 6) is 1.83. The molecule has 3 nitrogen and oxygen atoms in total. The Labute approximate surface area is 154 Å². The first kappa shape index (κ1) is 16.7. The number of benzene rings is 2. The molecule has 0 bridgehead atoms. The zero-order valence-electron chi connectivity index (χ0n) is 14.6. The van der Waals surface area contributed by atoms with E-state index in [-0.39, 0.29) is 11.3 Å². The molecule has 2 saturated carbocycles. The van der Waals surface area contributed by atoms with Crippen LogP contribution in [0.15, 0.2) is 42.5 Å². The maximum absolute atomic E-state index is 12.7. The van der Waals surface area contributed by atoms with E-state index in [2.05, 4.69) is 0 Å². The van der Waals surface area contributed by atoms with Crippen LogP contribution < -0.4 is 4.74 Å². The number of carbonyl (C=O) groups is 1. The minimum Gasteiger partial charge on any atom is -0.457 e. The van der Waals surface area contributed by atoms with Crippen molar-refractivity contribution in [1.29, 1.82) is 0 Å². The summed E-state index contributed by atoms with van der Waals surface area (Å²) in [6.07, 6.45) is -1.44. The van der Waals surface area contributed by atoms with Gasteiger partial charge < -0.3 is 9.64 Å². The van der Waals surface area contributed by atoms with Crippen LogP contribution in [0.3, 0.4) is 0 Å². The van der Waals surface area contributed by atoms with Crippen molar-refractivity contribution in [2.75, 3.05) is 6.54 Å². The van der Waals surface area contributed by atoms with Gasteiger partial charge in [-0.1, -0.05) is 6.07 Å². The third-order valence-corrected chi connectivity index (χ3v) is 6.00. The van der Waals surface area contributed by atoms with Crippen LogP contribution in [0.25, 0.3) is 0 Å². The summed E-state index contributed by atoms with van der Waals surface area (Å²) in [5.41, 5.74) is 1.52. The molecule has 0 saturated heterocycles. The Morgan fingerprint density at radius 1 is 1.04 bits per heavy atom. The Morgan fingerprint density at radius 3 is 2.33 bits per heavy atom. The monoisotopic (exact) mass is 373 g/mol. The van der Waals surface area contributed by atoms with Crippen molar-refractivity contribution in [3.8, 4) is 11.5 Å². The molecule has 2 aromatic rings. The van der Waals surface area contributed by atoms with Gasteiger partial charge in [0.2, 0.25) is 5.91 Å². The van der Waals surface area contributed by atoms with E-state index in [9.17, 15) is 18.0 Å². The van der Waals surface area contributed by atoms with Gasteiger partial charge in [0, 0.05) is 13.1 Å². The average Bonchev–Trinajstić information content (AvgIpc) is 3.51. The van der Waals surface area contributed by atoms with Gasteiger partial charge in [-0.2, -0.15) is 13.2 Å². The summed E-state index contributed by atoms with van der Waals surface area (Å²) in [5, 5.41) is 0. The van der Waals surface area contributed by atoms with Crippen molar-refractivity contribution in [1.82, 2.24) is 4.90 Å². The van der Waals surface area contributed by atoms with Crippen LogP contribution in [0, 0.1) is 11.3 Å². The quantitative estimate of drug-likeness (QED) is 0.774. The molecular weight excluding hydrogens is 355 g/mol. The van der Waals surface area contributed by atoms with Gasteiger partial charge in [0.25, 0.3) is 0 Å². The van der Waals surface area contributed by atoms with Crippen molar-refractivity contribution < 1.29 is 22.7 Å². The van der Waals surface area contributed by atoms with Gasteiger partial charge in [-0.05, 0) is 72.7 Å². The summed E-state index contributed by atoms with van der Waals surface area (Å²) in [6.45, 7) is 1.33. The van der Waals surface area contributed by atoms with Crippen LogP contribution >= 0.6 is 0 Å². The molecule has 1 amide bonds. The Bertz CT molecular complexity index is 914. The predicted octanol–water partition coefficient (Wildman–Crippen LogP) is 4.79. The second-order valence-electron chi connectivity index (χ2n) is 7.79. The highest BCUT2D eigenvalue weighted by Crippen LogP contribution is 2.76. The summed E-state index contributed by atoms with van der Waals surface area (Å²) < 4.78 is 43.7. The Kier molecular flexibility index (Phi) is 3.39. The molecule has 0 spiro atoms. The van der Waals surface area contributed by atoms with Crippen molar-refractivity contribution >= 4 is 5.91 Å². The van der Waals surface area contributed by atoms with E-state index in [0.29, 0.717) is 24.0 Å². The molecule has 2 aromatic carbocycles. The highest BCUT2D eigenvalue weighted by atomic mass is 19.4. The number of halogens is 3. The van der Waals surface area contributed by atoms with E-state index in [1.54, 1.807) is 0 Å². The molecule has 140 valence electrons. The molecule has 1 aliphatic heterocycles. The first-order valence-electron chi connectivity index (χ1n) is 9.11. The summed E-state index contributed by atoms with van der Waals surface area (Å²) in [4.78, 5) is 14.6. The number of fused-ring (bicyclic) bond motifs is 2. The van der Waals surface area contributed by atoms with Gasteiger partial charge in [0.05, 0.1) is 11.0 Å². The van der Waals surface area contributed by atoms with Gasteiger partial charge >= 0.3 is 6.18 Å². The molecule has 0 aromatic heterocycles. The van der Waals surface area contributed by atoms with Gasteiger partial charge in [-0.15, -0.1) is 0 Å². The Hall–Kier alpha value is -2.50. The van der Waals surface area contributed by atoms with Crippen LogP contribution in [0.4, 0.5) is 13.2 Å². The van der Waals surface area contributed by atoms with E-state index in [1.807, 2.05) is 23.1 Å². The molecule has 2 fully saturated rings. The van der Waals surface area contributed by atoms with Crippen LogP contribution in [0.2, 0.25) is 0 Å². The van der Waals surface area contributed by atoms with Crippen LogP contribution in [-0.4, -0.2) is 17.4 Å². The number of hydrogen-bond acceptors (Lipinski definition) is 2. The van der Waals surface area contributed by atoms with Crippen molar-refractivity contribution in [2.24, 2.45) is 11.3 Å². The molecule has 0 unspecified atom stereocenters. The van der Waals surface area contributed by atoms with Gasteiger partial charge in [-0.3, -0.25) is 4.79 Å². The third-order valence-electron chi connectivity index (χ3n) is 6.00. The van der Waals surface area contributed by atoms with E-state index in [4.69, 9.17) is 4.74 Å². The Morgan fingerprint density at radius 2 is 1.70 bits per heavy atom. The molecule has 27 heavy (non-hydrogen) atoms. The minimum atomic E-state index is -4.36. The number of amides is 1. The SMILES string of the molecule is O=C(N1CCc2ccc(Oc3ccc(C(F)(F)F)cc3)cc2C1)C12CC1C2. The lowest BCUT2D eigenvalue weighted by molar-refractivity contribution is -0.137. The molecule has 0 atom stereocenters. The fourth-order valence-corrected chi connectivity index (χ4v) is 3.98. The molecule has 2 aliphatic carbocycles. The van der Waals surface area contributed by atoms with Crippen LogP contribution in [0.5, 0.6) is 11.5 Å². The topological polar surface area (TPSA) is 29.5 Å². The van der Waals surface area contributed by atoms with Gasteiger partial charge in [-0.25, -0.2) is 0 Å². The molecule has 0 N–H and O–H groups in total. The van der Waals surface area contributed by atoms with Crippen molar-refractivity contribution in [3.63, 3.8) is 0 Å². The fraction of sp³-hybridized carbons (Fsp3) is 0.381. The highest BCUT2D eigenvalue weighted by molar-refractivity contribution is 5.90. The van der Waals surface area contributed by atoms with E-state index < -0.39 is 11.7 Å². The lowest BCUT2D eigenvalue weighted by Crippen LogP contribution is -2.38. The zero-order chi connectivity index (χ0) is 18.8. The number of rotatable bonds is 3. The summed E-state index contributed by atoms with van der Waals surface area (Å²) >= 11 is 0. The molecule has 1 heterocycles. The van der Waals surface area contributed by atoms with Crippen molar-refractivity contribution in [3.05, 3.63) is 59.2 Å². The second-order valence-corrected chi connectivity index (χ2v) is 7.79. The average molecular weight is 373 g/mol.